The summed E-state index contributed by atoms with van der Waals surface area (Å²) >= 11 is 0. The molecule has 0 aliphatic heterocycles. The van der Waals surface area contributed by atoms with Gasteiger partial charge in [0.05, 0.1) is 0 Å². The van der Waals surface area contributed by atoms with Crippen molar-refractivity contribution < 1.29 is 32.6 Å². The number of esters is 1. The van der Waals surface area contributed by atoms with Crippen molar-refractivity contribution in [3.63, 3.8) is 0 Å². The lowest BCUT2D eigenvalue weighted by Gasteiger charge is -2.12. The number of benzene rings is 3. The molecule has 0 saturated heterocycles. The zero-order valence-electron chi connectivity index (χ0n) is 20.1. The first-order chi connectivity index (χ1) is 18.5. The maximum Gasteiger partial charge on any atom is 0.342 e. The SMILES string of the molecule is O=C(OCCOc1ccc2ccc(=O)oc2c1)c1ccccc1OCCOc1ccc2ccc(=O)oc2c1. The van der Waals surface area contributed by atoms with Crippen LogP contribution in [0.2, 0.25) is 0 Å². The second-order valence-electron chi connectivity index (χ2n) is 8.09. The van der Waals surface area contributed by atoms with Crippen LogP contribution in [-0.2, 0) is 4.74 Å². The van der Waals surface area contributed by atoms with Gasteiger partial charge < -0.3 is 27.8 Å². The Kier molecular flexibility index (Phi) is 7.35. The Morgan fingerprint density at radius 1 is 0.605 bits per heavy atom. The van der Waals surface area contributed by atoms with Crippen LogP contribution in [0.1, 0.15) is 10.4 Å². The molecule has 0 bridgehead atoms. The molecular formula is C29H22O9. The molecule has 2 heterocycles. The first kappa shape index (κ1) is 24.6. The summed E-state index contributed by atoms with van der Waals surface area (Å²) < 4.78 is 32.7. The predicted octanol–water partition coefficient (Wildman–Crippen LogP) is 4.59. The highest BCUT2D eigenvalue weighted by atomic mass is 16.6. The maximum absolute atomic E-state index is 12.6. The molecule has 0 amide bonds. The third kappa shape index (κ3) is 6.01. The summed E-state index contributed by atoms with van der Waals surface area (Å²) in [6, 6.07) is 23.1. The summed E-state index contributed by atoms with van der Waals surface area (Å²) in [6.07, 6.45) is 0. The molecule has 38 heavy (non-hydrogen) atoms. The smallest absolute Gasteiger partial charge is 0.342 e. The summed E-state index contributed by atoms with van der Waals surface area (Å²) in [6.45, 7) is 0.482. The standard InChI is InChI=1S/C29H22O9/c30-27-11-7-19-5-9-21(17-25(19)37-27)33-13-15-35-24-4-2-1-3-23(24)29(32)36-16-14-34-22-10-6-20-8-12-28(31)38-26(20)18-22/h1-12,17-18H,13-16H2. The van der Waals surface area contributed by atoms with Crippen LogP contribution >= 0.6 is 0 Å². The number of carbonyl (C=O) groups is 1. The summed E-state index contributed by atoms with van der Waals surface area (Å²) in [7, 11) is 0. The number of hydrogen-bond donors (Lipinski definition) is 0. The quantitative estimate of drug-likeness (QED) is 0.150. The third-order valence-electron chi connectivity index (χ3n) is 5.49. The van der Waals surface area contributed by atoms with E-state index in [9.17, 15) is 14.4 Å². The van der Waals surface area contributed by atoms with Crippen LogP contribution in [0, 0.1) is 0 Å². The molecule has 0 atom stereocenters. The Morgan fingerprint density at radius 2 is 1.13 bits per heavy atom. The Hall–Kier alpha value is -5.05. The molecule has 2 aromatic heterocycles. The highest BCUT2D eigenvalue weighted by molar-refractivity contribution is 5.92. The monoisotopic (exact) mass is 514 g/mol. The van der Waals surface area contributed by atoms with E-state index < -0.39 is 17.2 Å². The van der Waals surface area contributed by atoms with Crippen molar-refractivity contribution in [3.8, 4) is 17.2 Å². The molecule has 0 spiro atoms. The molecule has 192 valence electrons. The maximum atomic E-state index is 12.6. The van der Waals surface area contributed by atoms with Crippen molar-refractivity contribution >= 4 is 27.9 Å². The molecule has 0 saturated carbocycles. The molecule has 9 heteroatoms. The van der Waals surface area contributed by atoms with Crippen LogP contribution in [0.5, 0.6) is 17.2 Å². The van der Waals surface area contributed by atoms with E-state index in [2.05, 4.69) is 0 Å². The van der Waals surface area contributed by atoms with Crippen molar-refractivity contribution in [1.82, 2.24) is 0 Å². The van der Waals surface area contributed by atoms with Crippen LogP contribution in [0.25, 0.3) is 21.9 Å². The molecule has 0 N–H and O–H groups in total. The van der Waals surface area contributed by atoms with Gasteiger partial charge in [-0.15, -0.1) is 0 Å². The van der Waals surface area contributed by atoms with Gasteiger partial charge in [-0.3, -0.25) is 0 Å². The topological polar surface area (TPSA) is 114 Å². The molecule has 3 aromatic carbocycles. The number of ether oxygens (including phenoxy) is 4. The van der Waals surface area contributed by atoms with Crippen LogP contribution in [0.4, 0.5) is 0 Å². The van der Waals surface area contributed by atoms with Gasteiger partial charge in [0.15, 0.2) is 0 Å². The first-order valence-electron chi connectivity index (χ1n) is 11.8. The average Bonchev–Trinajstić information content (AvgIpc) is 2.93. The van der Waals surface area contributed by atoms with Crippen molar-refractivity contribution in [2.45, 2.75) is 0 Å². The van der Waals surface area contributed by atoms with Gasteiger partial charge in [0.25, 0.3) is 0 Å². The Morgan fingerprint density at radius 3 is 1.76 bits per heavy atom. The van der Waals surface area contributed by atoms with Crippen LogP contribution in [0.3, 0.4) is 0 Å². The average molecular weight is 514 g/mol. The summed E-state index contributed by atoms with van der Waals surface area (Å²) in [5.41, 5.74) is 0.234. The van der Waals surface area contributed by atoms with Crippen molar-refractivity contribution in [2.75, 3.05) is 26.4 Å². The molecule has 0 unspecified atom stereocenters. The van der Waals surface area contributed by atoms with E-state index in [4.69, 9.17) is 27.8 Å². The fourth-order valence-electron chi connectivity index (χ4n) is 3.71. The predicted molar refractivity (Wildman–Crippen MR) is 138 cm³/mol. The zero-order valence-corrected chi connectivity index (χ0v) is 20.1. The Labute approximate surface area is 215 Å². The molecule has 5 rings (SSSR count). The largest absolute Gasteiger partial charge is 0.490 e. The summed E-state index contributed by atoms with van der Waals surface area (Å²) in [5.74, 6) is 0.812. The van der Waals surface area contributed by atoms with Crippen LogP contribution < -0.4 is 25.5 Å². The van der Waals surface area contributed by atoms with Gasteiger partial charge in [0.2, 0.25) is 0 Å². The van der Waals surface area contributed by atoms with Gasteiger partial charge in [0, 0.05) is 35.0 Å². The third-order valence-corrected chi connectivity index (χ3v) is 5.49. The number of rotatable bonds is 10. The van der Waals surface area contributed by atoms with Gasteiger partial charge in [0.1, 0.15) is 60.4 Å². The molecule has 0 fully saturated rings. The fraction of sp³-hybridized carbons (Fsp3) is 0.138. The minimum absolute atomic E-state index is 0.00510. The summed E-state index contributed by atoms with van der Waals surface area (Å²) in [5, 5.41) is 1.56. The molecule has 5 aromatic rings. The molecule has 0 aliphatic rings. The number of hydrogen-bond acceptors (Lipinski definition) is 9. The minimum Gasteiger partial charge on any atom is -0.490 e. The first-order valence-corrected chi connectivity index (χ1v) is 11.8. The molecule has 0 radical (unpaired) electrons. The Bertz CT molecular complexity index is 1700. The van der Waals surface area contributed by atoms with E-state index in [0.29, 0.717) is 28.4 Å². The van der Waals surface area contributed by atoms with Crippen molar-refractivity contribution in [1.29, 1.82) is 0 Å². The summed E-state index contributed by atoms with van der Waals surface area (Å²) in [4.78, 5) is 35.4. The van der Waals surface area contributed by atoms with E-state index in [1.807, 2.05) is 0 Å². The van der Waals surface area contributed by atoms with Gasteiger partial charge in [-0.1, -0.05) is 12.1 Å². The van der Waals surface area contributed by atoms with Crippen LogP contribution in [-0.4, -0.2) is 32.4 Å². The lowest BCUT2D eigenvalue weighted by molar-refractivity contribution is 0.0445. The van der Waals surface area contributed by atoms with E-state index in [1.165, 1.54) is 12.1 Å². The number of para-hydroxylation sites is 1. The minimum atomic E-state index is -0.556. The van der Waals surface area contributed by atoms with Gasteiger partial charge in [-0.2, -0.15) is 0 Å². The Balaban J connectivity index is 1.10. The van der Waals surface area contributed by atoms with E-state index in [0.717, 1.165) is 10.8 Å². The second-order valence-corrected chi connectivity index (χ2v) is 8.09. The zero-order chi connectivity index (χ0) is 26.3. The van der Waals surface area contributed by atoms with E-state index in [1.54, 1.807) is 72.8 Å². The highest BCUT2D eigenvalue weighted by Gasteiger charge is 2.14. The van der Waals surface area contributed by atoms with Crippen molar-refractivity contribution in [2.24, 2.45) is 0 Å². The number of carbonyl (C=O) groups excluding carboxylic acids is 1. The fourth-order valence-corrected chi connectivity index (χ4v) is 3.71. The van der Waals surface area contributed by atoms with Crippen LogP contribution in [0.15, 0.2) is 103 Å². The normalized spacial score (nSPS) is 10.8. The lowest BCUT2D eigenvalue weighted by atomic mass is 10.2. The van der Waals surface area contributed by atoms with E-state index >= 15 is 0 Å². The highest BCUT2D eigenvalue weighted by Crippen LogP contribution is 2.22. The van der Waals surface area contributed by atoms with Crippen molar-refractivity contribution in [3.05, 3.63) is 111 Å². The van der Waals surface area contributed by atoms with E-state index in [-0.39, 0.29) is 32.0 Å². The van der Waals surface area contributed by atoms with Gasteiger partial charge in [-0.25, -0.2) is 14.4 Å². The van der Waals surface area contributed by atoms with Gasteiger partial charge in [-0.05, 0) is 48.5 Å². The number of fused-ring (bicyclic) bond motifs is 2. The molecule has 0 aliphatic carbocycles. The lowest BCUT2D eigenvalue weighted by Crippen LogP contribution is -2.15. The second kappa shape index (κ2) is 11.3. The molecular weight excluding hydrogens is 492 g/mol. The van der Waals surface area contributed by atoms with Gasteiger partial charge >= 0.3 is 17.2 Å². The molecule has 9 nitrogen and oxygen atoms in total.